The third kappa shape index (κ3) is 7.78. The van der Waals surface area contributed by atoms with E-state index in [0.29, 0.717) is 14.2 Å². The van der Waals surface area contributed by atoms with E-state index in [-0.39, 0.29) is 26.2 Å². The minimum atomic E-state index is -1.99. The molecule has 0 aliphatic heterocycles. The number of hydrogen-bond acceptors (Lipinski definition) is 10. The van der Waals surface area contributed by atoms with Gasteiger partial charge in [0.05, 0.1) is 24.9 Å². The largest absolute Gasteiger partial charge is 0.406 e. The van der Waals surface area contributed by atoms with Gasteiger partial charge >= 0.3 is 10.0 Å². The van der Waals surface area contributed by atoms with E-state index in [9.17, 15) is 29.8 Å². The number of nitrogens with two attached hydrogens (primary N) is 2. The first-order valence-corrected chi connectivity index (χ1v) is 17.0. The zero-order valence-corrected chi connectivity index (χ0v) is 27.2. The zero-order valence-electron chi connectivity index (χ0n) is 22.9. The van der Waals surface area contributed by atoms with Crippen molar-refractivity contribution in [1.29, 1.82) is 0 Å². The summed E-state index contributed by atoms with van der Waals surface area (Å²) in [6.07, 6.45) is 1.65. The van der Waals surface area contributed by atoms with Crippen LogP contribution in [0, 0.1) is 20.2 Å². The quantitative estimate of drug-likeness (QED) is 0.152. The lowest BCUT2D eigenvalue weighted by molar-refractivity contribution is -0.380. The van der Waals surface area contributed by atoms with Crippen LogP contribution in [0.3, 0.4) is 0 Å². The summed E-state index contributed by atoms with van der Waals surface area (Å²) in [5.41, 5.74) is 10.9. The Hall–Kier alpha value is -3.05. The molecule has 3 aromatic rings. The fraction of sp³-hybridized carbons (Fsp3) is 0.375. The third-order valence-corrected chi connectivity index (χ3v) is 13.6. The number of carbonyl (C=O) groups excluding carboxylic acids is 2. The van der Waals surface area contributed by atoms with Crippen molar-refractivity contribution in [3.8, 4) is 10.4 Å². The van der Waals surface area contributed by atoms with Crippen molar-refractivity contribution in [2.45, 2.75) is 58.4 Å². The van der Waals surface area contributed by atoms with Crippen LogP contribution in [0.15, 0.2) is 34.2 Å². The van der Waals surface area contributed by atoms with Gasteiger partial charge in [0, 0.05) is 16.6 Å². The first kappa shape index (κ1) is 33.2. The number of nitro groups is 2. The van der Waals surface area contributed by atoms with Crippen molar-refractivity contribution in [2.24, 2.45) is 11.5 Å². The van der Waals surface area contributed by atoms with Gasteiger partial charge in [-0.15, -0.1) is 0 Å². The molecule has 0 aliphatic carbocycles. The molecule has 3 heterocycles. The molecule has 0 radical (unpaired) electrons. The monoisotopic (exact) mass is 671 g/mol. The Morgan fingerprint density at radius 2 is 1.45 bits per heavy atom. The first-order chi connectivity index (χ1) is 18.2. The van der Waals surface area contributed by atoms with Crippen molar-refractivity contribution >= 4 is 68.7 Å². The lowest BCUT2D eigenvalue weighted by Gasteiger charge is -2.42. The highest BCUT2D eigenvalue weighted by molar-refractivity contribution is 9.11. The summed E-state index contributed by atoms with van der Waals surface area (Å²) < 4.78 is 7.05. The second kappa shape index (κ2) is 12.2. The lowest BCUT2D eigenvalue weighted by Crippen LogP contribution is -2.46. The number of halogens is 1. The number of nitrogens with zero attached hydrogens (tertiary/aromatic N) is 3. The Balaban J connectivity index is 0.000000389. The molecule has 3 rings (SSSR count). The van der Waals surface area contributed by atoms with Crippen LogP contribution in [0.1, 0.15) is 61.0 Å². The van der Waals surface area contributed by atoms with Crippen molar-refractivity contribution in [1.82, 2.24) is 4.98 Å². The molecule has 0 aromatic carbocycles. The van der Waals surface area contributed by atoms with Gasteiger partial charge in [-0.3, -0.25) is 34.8 Å². The van der Waals surface area contributed by atoms with Gasteiger partial charge in [-0.25, -0.2) is 0 Å². The van der Waals surface area contributed by atoms with Gasteiger partial charge in [0.2, 0.25) is 0 Å². The average molecular weight is 673 g/mol. The number of hydrogen-bond donors (Lipinski definition) is 2. The molecule has 0 unspecified atom stereocenters. The Morgan fingerprint density at radius 1 is 0.950 bits per heavy atom. The van der Waals surface area contributed by atoms with Crippen molar-refractivity contribution in [3.63, 3.8) is 0 Å². The molecule has 0 fully saturated rings. The predicted molar refractivity (Wildman–Crippen MR) is 161 cm³/mol. The molecular formula is C24H30BrN5O7S2Si. The summed E-state index contributed by atoms with van der Waals surface area (Å²) in [6.45, 7) is 14.9. The van der Waals surface area contributed by atoms with E-state index in [1.54, 1.807) is 6.20 Å². The van der Waals surface area contributed by atoms with Gasteiger partial charge < -0.3 is 15.9 Å². The van der Waals surface area contributed by atoms with Crippen LogP contribution in [0.4, 0.5) is 10.0 Å². The van der Waals surface area contributed by atoms with Gasteiger partial charge in [0.15, 0.2) is 8.32 Å². The minimum absolute atomic E-state index is 0.0584. The van der Waals surface area contributed by atoms with Gasteiger partial charge in [-0.1, -0.05) is 49.5 Å². The molecule has 3 aromatic heterocycles. The summed E-state index contributed by atoms with van der Waals surface area (Å²) in [7, 11) is -1.99. The summed E-state index contributed by atoms with van der Waals surface area (Å²) in [5.74, 6) is -1.61. The topological polar surface area (TPSA) is 195 Å². The van der Waals surface area contributed by atoms with Crippen LogP contribution in [0.5, 0.6) is 0 Å². The van der Waals surface area contributed by atoms with Crippen LogP contribution >= 0.6 is 38.6 Å². The van der Waals surface area contributed by atoms with Gasteiger partial charge in [0.1, 0.15) is 11.1 Å². The number of aromatic nitrogens is 1. The number of thiophene rings is 2. The van der Waals surface area contributed by atoms with Crippen LogP contribution in [-0.2, 0) is 10.0 Å². The second-order valence-corrected chi connectivity index (χ2v) is 18.8. The first-order valence-electron chi connectivity index (χ1n) is 11.7. The number of primary amides is 2. The number of rotatable bonds is 8. The Labute approximate surface area is 248 Å². The van der Waals surface area contributed by atoms with Crippen LogP contribution < -0.4 is 11.5 Å². The van der Waals surface area contributed by atoms with Crippen LogP contribution in [0.2, 0.25) is 18.1 Å². The smallest absolute Gasteiger partial charge is 0.337 e. The molecule has 16 heteroatoms. The molecule has 0 atom stereocenters. The molecule has 0 saturated carbocycles. The van der Waals surface area contributed by atoms with E-state index in [1.807, 2.05) is 26.0 Å². The molecule has 4 N–H and O–H groups in total. The van der Waals surface area contributed by atoms with E-state index in [2.05, 4.69) is 54.8 Å². The standard InChI is InChI=1S/C19H27N3O4SSi.C5H3BrN2O3S/c1-18(2,3)28(6,7)26-19(4,5)15-9-8-12(11-21-15)14-10-13(16(20)23)17(27-14)22(24)25;6-3-1-2(4(7)9)5(12-3)8(10)11/h8-11H,1-7H3,(H2,20,23);1H,(H2,7,9). The Bertz CT molecular complexity index is 1380. The van der Waals surface area contributed by atoms with Gasteiger partial charge in [-0.2, -0.15) is 0 Å². The highest BCUT2D eigenvalue weighted by atomic mass is 79.9. The zero-order chi connectivity index (χ0) is 30.8. The maximum Gasteiger partial charge on any atom is 0.337 e. The molecule has 0 aliphatic rings. The minimum Gasteiger partial charge on any atom is -0.406 e. The van der Waals surface area contributed by atoms with Crippen LogP contribution in [-0.4, -0.2) is 35.0 Å². The summed E-state index contributed by atoms with van der Waals surface area (Å²) in [6, 6.07) is 6.47. The van der Waals surface area contributed by atoms with E-state index < -0.39 is 35.6 Å². The Kier molecular flexibility index (Phi) is 10.1. The maximum atomic E-state index is 11.5. The van der Waals surface area contributed by atoms with Crippen molar-refractivity contribution in [2.75, 3.05) is 0 Å². The van der Waals surface area contributed by atoms with Gasteiger partial charge in [0.25, 0.3) is 11.8 Å². The third-order valence-electron chi connectivity index (χ3n) is 6.24. The highest BCUT2D eigenvalue weighted by Crippen LogP contribution is 2.42. The van der Waals surface area contributed by atoms with E-state index >= 15 is 0 Å². The van der Waals surface area contributed by atoms with E-state index in [0.717, 1.165) is 28.4 Å². The van der Waals surface area contributed by atoms with Crippen LogP contribution in [0.25, 0.3) is 10.4 Å². The molecular weight excluding hydrogens is 642 g/mol. The Morgan fingerprint density at radius 3 is 1.82 bits per heavy atom. The number of pyridine rings is 1. The SMILES string of the molecule is CC(C)(O[Si](C)(C)C(C)(C)C)c1ccc(-c2cc(C(N)=O)c([N+](=O)[O-])s2)cn1.NC(=O)c1cc(Br)sc1[N+](=O)[O-]. The normalized spacial score (nSPS) is 11.9. The lowest BCUT2D eigenvalue weighted by atomic mass is 10.0. The highest BCUT2D eigenvalue weighted by Gasteiger charge is 2.42. The molecule has 0 bridgehead atoms. The molecule has 0 spiro atoms. The van der Waals surface area contributed by atoms with E-state index in [4.69, 9.17) is 15.9 Å². The molecule has 2 amide bonds. The summed E-state index contributed by atoms with van der Waals surface area (Å²) >= 11 is 4.80. The van der Waals surface area contributed by atoms with E-state index in [1.165, 1.54) is 12.1 Å². The van der Waals surface area contributed by atoms with Gasteiger partial charge in [-0.05, 0) is 66.1 Å². The van der Waals surface area contributed by atoms with Crippen molar-refractivity contribution in [3.05, 3.63) is 71.3 Å². The molecule has 12 nitrogen and oxygen atoms in total. The maximum absolute atomic E-state index is 11.5. The average Bonchev–Trinajstić information content (AvgIpc) is 3.43. The second-order valence-electron chi connectivity index (χ2n) is 10.6. The summed E-state index contributed by atoms with van der Waals surface area (Å²) in [4.78, 5) is 47.5. The molecule has 216 valence electrons. The number of amides is 2. The fourth-order valence-electron chi connectivity index (χ4n) is 3.24. The van der Waals surface area contributed by atoms with Crippen molar-refractivity contribution < 1.29 is 23.9 Å². The predicted octanol–water partition coefficient (Wildman–Crippen LogP) is 6.59. The fourth-order valence-corrected chi connectivity index (χ4v) is 7.29. The molecule has 0 saturated heterocycles. The number of carbonyl (C=O) groups is 2. The summed E-state index contributed by atoms with van der Waals surface area (Å²) in [5, 5.41) is 21.1. The molecule has 40 heavy (non-hydrogen) atoms.